The van der Waals surface area contributed by atoms with Crippen molar-refractivity contribution in [3.8, 4) is 0 Å². The molecule has 90 valence electrons. The number of nitrogens with zero attached hydrogens (tertiary/aromatic N) is 1. The second kappa shape index (κ2) is 6.01. The summed E-state index contributed by atoms with van der Waals surface area (Å²) in [7, 11) is 1.84. The normalized spacial score (nSPS) is 12.8. The van der Waals surface area contributed by atoms with Crippen molar-refractivity contribution in [1.29, 1.82) is 0 Å². The number of nitrogens with one attached hydrogen (secondary N) is 1. The lowest BCUT2D eigenvalue weighted by Crippen LogP contribution is -2.40. The topological polar surface area (TPSA) is 32.3 Å². The van der Waals surface area contributed by atoms with Gasteiger partial charge in [0.05, 0.1) is 6.54 Å². The summed E-state index contributed by atoms with van der Waals surface area (Å²) in [4.78, 5) is 13.5. The molecular formula is C12H20N2OS. The lowest BCUT2D eigenvalue weighted by Gasteiger charge is -2.22. The molecule has 1 aromatic heterocycles. The summed E-state index contributed by atoms with van der Waals surface area (Å²) >= 11 is 1.68. The number of hydrogen-bond donors (Lipinski definition) is 1. The number of carbonyl (C=O) groups excluding carboxylic acids is 1. The molecule has 1 heterocycles. The minimum atomic E-state index is 0.136. The summed E-state index contributed by atoms with van der Waals surface area (Å²) < 4.78 is 0. The van der Waals surface area contributed by atoms with Crippen LogP contribution < -0.4 is 5.32 Å². The third-order valence-corrected chi connectivity index (χ3v) is 3.47. The minimum Gasteiger partial charge on any atom is -0.342 e. The van der Waals surface area contributed by atoms with Gasteiger partial charge in [0.25, 0.3) is 0 Å². The lowest BCUT2D eigenvalue weighted by atomic mass is 10.2. The smallest absolute Gasteiger partial charge is 0.236 e. The highest BCUT2D eigenvalue weighted by Gasteiger charge is 2.13. The van der Waals surface area contributed by atoms with Crippen molar-refractivity contribution >= 4 is 17.2 Å². The molecule has 0 saturated carbocycles. The van der Waals surface area contributed by atoms with Gasteiger partial charge in [0, 0.05) is 19.1 Å². The molecule has 0 fully saturated rings. The molecular weight excluding hydrogens is 220 g/mol. The molecule has 0 aliphatic heterocycles. The van der Waals surface area contributed by atoms with Crippen LogP contribution in [0.3, 0.4) is 0 Å². The van der Waals surface area contributed by atoms with Gasteiger partial charge in [-0.1, -0.05) is 0 Å². The van der Waals surface area contributed by atoms with E-state index >= 15 is 0 Å². The average molecular weight is 240 g/mol. The molecule has 16 heavy (non-hydrogen) atoms. The fraction of sp³-hybridized carbons (Fsp3) is 0.583. The summed E-state index contributed by atoms with van der Waals surface area (Å²) in [6.45, 7) is 6.50. The van der Waals surface area contributed by atoms with Gasteiger partial charge >= 0.3 is 0 Å². The van der Waals surface area contributed by atoms with Crippen LogP contribution in [0.25, 0.3) is 0 Å². The maximum absolute atomic E-state index is 11.7. The first kappa shape index (κ1) is 13.2. The van der Waals surface area contributed by atoms with Crippen molar-refractivity contribution in [2.45, 2.75) is 32.9 Å². The first-order chi connectivity index (χ1) is 7.52. The Bertz CT molecular complexity index is 322. The van der Waals surface area contributed by atoms with Crippen molar-refractivity contribution in [2.75, 3.05) is 13.6 Å². The predicted octanol–water partition coefficient (Wildman–Crippen LogP) is 2.27. The maximum atomic E-state index is 11.7. The lowest BCUT2D eigenvalue weighted by molar-refractivity contribution is -0.130. The number of thiophene rings is 1. The van der Waals surface area contributed by atoms with E-state index < -0.39 is 0 Å². The van der Waals surface area contributed by atoms with E-state index in [0.717, 1.165) is 0 Å². The Balaban J connectivity index is 2.37. The van der Waals surface area contributed by atoms with Gasteiger partial charge in [-0.2, -0.15) is 11.3 Å². The quantitative estimate of drug-likeness (QED) is 0.856. The highest BCUT2D eigenvalue weighted by Crippen LogP contribution is 2.15. The minimum absolute atomic E-state index is 0.136. The van der Waals surface area contributed by atoms with Crippen LogP contribution in [0.1, 0.15) is 32.4 Å². The Morgan fingerprint density at radius 3 is 2.69 bits per heavy atom. The van der Waals surface area contributed by atoms with Gasteiger partial charge in [0.15, 0.2) is 0 Å². The molecule has 0 aliphatic carbocycles. The SMILES string of the molecule is CC(NCC(=O)N(C)C(C)C)c1ccsc1. The van der Waals surface area contributed by atoms with E-state index in [1.807, 2.05) is 20.9 Å². The molecule has 0 aromatic carbocycles. The molecule has 1 amide bonds. The van der Waals surface area contributed by atoms with Crippen LogP contribution >= 0.6 is 11.3 Å². The fourth-order valence-electron chi connectivity index (χ4n) is 1.29. The summed E-state index contributed by atoms with van der Waals surface area (Å²) in [5, 5.41) is 7.39. The van der Waals surface area contributed by atoms with Crippen LogP contribution in [0.5, 0.6) is 0 Å². The van der Waals surface area contributed by atoms with E-state index in [4.69, 9.17) is 0 Å². The van der Waals surface area contributed by atoms with Crippen molar-refractivity contribution in [2.24, 2.45) is 0 Å². The highest BCUT2D eigenvalue weighted by atomic mass is 32.1. The molecule has 0 bridgehead atoms. The molecule has 1 unspecified atom stereocenters. The zero-order chi connectivity index (χ0) is 12.1. The van der Waals surface area contributed by atoms with Crippen molar-refractivity contribution in [3.05, 3.63) is 22.4 Å². The van der Waals surface area contributed by atoms with Crippen LogP contribution in [0.2, 0.25) is 0 Å². The third-order valence-electron chi connectivity index (χ3n) is 2.77. The average Bonchev–Trinajstić information content (AvgIpc) is 2.77. The van der Waals surface area contributed by atoms with Gasteiger partial charge < -0.3 is 10.2 Å². The maximum Gasteiger partial charge on any atom is 0.236 e. The molecule has 4 heteroatoms. The second-order valence-electron chi connectivity index (χ2n) is 4.26. The van der Waals surface area contributed by atoms with Gasteiger partial charge in [-0.25, -0.2) is 0 Å². The van der Waals surface area contributed by atoms with E-state index in [0.29, 0.717) is 6.54 Å². The van der Waals surface area contributed by atoms with Gasteiger partial charge in [0.1, 0.15) is 0 Å². The monoisotopic (exact) mass is 240 g/mol. The molecule has 0 spiro atoms. The molecule has 0 radical (unpaired) electrons. The van der Waals surface area contributed by atoms with E-state index in [1.165, 1.54) is 5.56 Å². The Kier molecular flexibility index (Phi) is 4.96. The first-order valence-corrected chi connectivity index (χ1v) is 6.47. The van der Waals surface area contributed by atoms with Crippen molar-refractivity contribution in [1.82, 2.24) is 10.2 Å². The summed E-state index contributed by atoms with van der Waals surface area (Å²) in [5.74, 6) is 0.136. The van der Waals surface area contributed by atoms with Crippen LogP contribution in [-0.4, -0.2) is 30.4 Å². The summed E-state index contributed by atoms with van der Waals surface area (Å²) in [6, 6.07) is 2.57. The Labute approximate surface area is 101 Å². The third kappa shape index (κ3) is 3.61. The van der Waals surface area contributed by atoms with Crippen LogP contribution in [0.4, 0.5) is 0 Å². The van der Waals surface area contributed by atoms with Crippen molar-refractivity contribution < 1.29 is 4.79 Å². The number of rotatable bonds is 5. The van der Waals surface area contributed by atoms with Crippen LogP contribution in [0.15, 0.2) is 16.8 Å². The standard InChI is InChI=1S/C12H20N2OS/c1-9(2)14(4)12(15)7-13-10(3)11-5-6-16-8-11/h5-6,8-10,13H,7H2,1-4H3. The molecule has 1 rings (SSSR count). The van der Waals surface area contributed by atoms with E-state index in [1.54, 1.807) is 16.2 Å². The second-order valence-corrected chi connectivity index (χ2v) is 5.04. The van der Waals surface area contributed by atoms with E-state index in [2.05, 4.69) is 29.1 Å². The molecule has 0 aliphatic rings. The molecule has 1 N–H and O–H groups in total. The Hall–Kier alpha value is -0.870. The van der Waals surface area contributed by atoms with Gasteiger partial charge in [-0.15, -0.1) is 0 Å². The van der Waals surface area contributed by atoms with Gasteiger partial charge in [0.2, 0.25) is 5.91 Å². The Morgan fingerprint density at radius 2 is 2.19 bits per heavy atom. The predicted molar refractivity (Wildman–Crippen MR) is 68.6 cm³/mol. The van der Waals surface area contributed by atoms with Crippen LogP contribution in [0, 0.1) is 0 Å². The number of amides is 1. The van der Waals surface area contributed by atoms with Crippen molar-refractivity contribution in [3.63, 3.8) is 0 Å². The Morgan fingerprint density at radius 1 is 1.50 bits per heavy atom. The molecule has 3 nitrogen and oxygen atoms in total. The number of carbonyl (C=O) groups is 1. The molecule has 0 saturated heterocycles. The summed E-state index contributed by atoms with van der Waals surface area (Å²) in [6.07, 6.45) is 0. The zero-order valence-electron chi connectivity index (χ0n) is 10.4. The van der Waals surface area contributed by atoms with Gasteiger partial charge in [-0.05, 0) is 43.2 Å². The van der Waals surface area contributed by atoms with E-state index in [-0.39, 0.29) is 18.0 Å². The number of likely N-dealkylation sites (N-methyl/N-ethyl adjacent to an activating group) is 1. The first-order valence-electron chi connectivity index (χ1n) is 5.53. The fourth-order valence-corrected chi connectivity index (χ4v) is 2.05. The highest BCUT2D eigenvalue weighted by molar-refractivity contribution is 7.07. The zero-order valence-corrected chi connectivity index (χ0v) is 11.2. The molecule has 1 atom stereocenters. The number of hydrogen-bond acceptors (Lipinski definition) is 3. The van der Waals surface area contributed by atoms with Crippen LogP contribution in [-0.2, 0) is 4.79 Å². The summed E-state index contributed by atoms with van der Waals surface area (Å²) in [5.41, 5.74) is 1.24. The van der Waals surface area contributed by atoms with E-state index in [9.17, 15) is 4.79 Å². The van der Waals surface area contributed by atoms with Gasteiger partial charge in [-0.3, -0.25) is 4.79 Å². The largest absolute Gasteiger partial charge is 0.342 e. The molecule has 1 aromatic rings.